The third kappa shape index (κ3) is 3.00. The van der Waals surface area contributed by atoms with Crippen molar-refractivity contribution in [3.05, 3.63) is 23.8 Å². The molecule has 0 radical (unpaired) electrons. The molecule has 1 N–H and O–H groups in total. The Balaban J connectivity index is 1.91. The molecular weight excluding hydrogens is 202 g/mol. The average Bonchev–Trinajstić information content (AvgIpc) is 2.28. The Bertz CT molecular complexity index is 348. The Kier molecular flexibility index (Phi) is 3.51. The molecule has 1 aromatic rings. The largest absolute Gasteiger partial charge is 0.381 e. The minimum Gasteiger partial charge on any atom is -0.381 e. The van der Waals surface area contributed by atoms with Crippen LogP contribution in [-0.2, 0) is 11.3 Å². The van der Waals surface area contributed by atoms with Gasteiger partial charge in [0, 0.05) is 31.5 Å². The quantitative estimate of drug-likeness (QED) is 0.839. The summed E-state index contributed by atoms with van der Waals surface area (Å²) >= 11 is 0. The zero-order chi connectivity index (χ0) is 11.4. The van der Waals surface area contributed by atoms with E-state index < -0.39 is 0 Å². The van der Waals surface area contributed by atoms with Gasteiger partial charge in [0.2, 0.25) is 0 Å². The van der Waals surface area contributed by atoms with Crippen LogP contribution in [-0.4, -0.2) is 28.7 Å². The molecule has 0 atom stereocenters. The molecule has 4 heteroatoms. The number of hydrogen-bond acceptors (Lipinski definition) is 4. The van der Waals surface area contributed by atoms with Crippen LogP contribution in [0, 0.1) is 6.92 Å². The van der Waals surface area contributed by atoms with E-state index in [1.54, 1.807) is 0 Å². The van der Waals surface area contributed by atoms with E-state index in [2.05, 4.69) is 22.2 Å². The van der Waals surface area contributed by atoms with E-state index in [0.717, 1.165) is 44.1 Å². The van der Waals surface area contributed by atoms with E-state index in [-0.39, 0.29) is 5.54 Å². The Morgan fingerprint density at radius 1 is 1.44 bits per heavy atom. The highest BCUT2D eigenvalue weighted by Crippen LogP contribution is 2.19. The number of nitrogens with one attached hydrogen (secondary N) is 1. The highest BCUT2D eigenvalue weighted by Gasteiger charge is 2.26. The third-order valence-corrected chi connectivity index (χ3v) is 3.13. The topological polar surface area (TPSA) is 47.0 Å². The van der Waals surface area contributed by atoms with Gasteiger partial charge in [0.05, 0.1) is 5.69 Å². The van der Waals surface area contributed by atoms with Gasteiger partial charge < -0.3 is 10.1 Å². The number of ether oxygens (including phenoxy) is 1. The molecule has 1 fully saturated rings. The Hall–Kier alpha value is -1.00. The second kappa shape index (κ2) is 4.89. The van der Waals surface area contributed by atoms with Gasteiger partial charge in [-0.3, -0.25) is 0 Å². The lowest BCUT2D eigenvalue weighted by Crippen LogP contribution is -2.46. The fourth-order valence-electron chi connectivity index (χ4n) is 1.91. The van der Waals surface area contributed by atoms with Crippen LogP contribution >= 0.6 is 0 Å². The van der Waals surface area contributed by atoms with Crippen molar-refractivity contribution >= 4 is 0 Å². The molecule has 1 aromatic heterocycles. The molecule has 0 bridgehead atoms. The van der Waals surface area contributed by atoms with E-state index in [4.69, 9.17) is 4.74 Å². The minimum absolute atomic E-state index is 0.192. The standard InChI is InChI=1S/C12H19N3O/c1-10-13-6-3-11(15-10)9-14-12(2)4-7-16-8-5-12/h3,6,14H,4-5,7-9H2,1-2H3. The average molecular weight is 221 g/mol. The summed E-state index contributed by atoms with van der Waals surface area (Å²) in [6, 6.07) is 1.96. The van der Waals surface area contributed by atoms with Crippen molar-refractivity contribution in [1.29, 1.82) is 0 Å². The van der Waals surface area contributed by atoms with Gasteiger partial charge >= 0.3 is 0 Å². The summed E-state index contributed by atoms with van der Waals surface area (Å²) in [7, 11) is 0. The lowest BCUT2D eigenvalue weighted by atomic mass is 9.92. The molecule has 88 valence electrons. The van der Waals surface area contributed by atoms with Gasteiger partial charge in [-0.05, 0) is 32.8 Å². The van der Waals surface area contributed by atoms with Gasteiger partial charge in [-0.2, -0.15) is 0 Å². The maximum absolute atomic E-state index is 5.37. The van der Waals surface area contributed by atoms with E-state index in [0.29, 0.717) is 0 Å². The van der Waals surface area contributed by atoms with Gasteiger partial charge in [0.25, 0.3) is 0 Å². The van der Waals surface area contributed by atoms with Crippen LogP contribution in [0.1, 0.15) is 31.3 Å². The number of hydrogen-bond donors (Lipinski definition) is 1. The van der Waals surface area contributed by atoms with E-state index in [1.807, 2.05) is 19.2 Å². The first kappa shape index (κ1) is 11.5. The molecule has 1 saturated heterocycles. The van der Waals surface area contributed by atoms with Crippen molar-refractivity contribution in [2.45, 2.75) is 38.8 Å². The van der Waals surface area contributed by atoms with Crippen LogP contribution in [0.25, 0.3) is 0 Å². The number of rotatable bonds is 3. The SMILES string of the molecule is Cc1nccc(CNC2(C)CCOCC2)n1. The van der Waals surface area contributed by atoms with Crippen LogP contribution < -0.4 is 5.32 Å². The van der Waals surface area contributed by atoms with Crippen molar-refractivity contribution < 1.29 is 4.74 Å². The first-order valence-electron chi connectivity index (χ1n) is 5.79. The van der Waals surface area contributed by atoms with Crippen LogP contribution in [0.5, 0.6) is 0 Å². The fraction of sp³-hybridized carbons (Fsp3) is 0.667. The molecule has 0 spiro atoms. The normalized spacial score (nSPS) is 19.6. The predicted molar refractivity (Wildman–Crippen MR) is 62.1 cm³/mol. The van der Waals surface area contributed by atoms with Crippen molar-refractivity contribution in [3.63, 3.8) is 0 Å². The Morgan fingerprint density at radius 2 is 2.19 bits per heavy atom. The molecule has 4 nitrogen and oxygen atoms in total. The molecule has 1 aliphatic heterocycles. The second-order valence-electron chi connectivity index (χ2n) is 4.62. The highest BCUT2D eigenvalue weighted by molar-refractivity contribution is 5.02. The molecular formula is C12H19N3O. The minimum atomic E-state index is 0.192. The zero-order valence-corrected chi connectivity index (χ0v) is 9.99. The maximum Gasteiger partial charge on any atom is 0.125 e. The molecule has 1 aliphatic rings. The zero-order valence-electron chi connectivity index (χ0n) is 9.99. The summed E-state index contributed by atoms with van der Waals surface area (Å²) in [6.07, 6.45) is 3.94. The molecule has 0 aliphatic carbocycles. The van der Waals surface area contributed by atoms with Crippen LogP contribution in [0.4, 0.5) is 0 Å². The predicted octanol–water partition coefficient (Wildman–Crippen LogP) is 1.44. The van der Waals surface area contributed by atoms with E-state index in [9.17, 15) is 0 Å². The lowest BCUT2D eigenvalue weighted by molar-refractivity contribution is 0.0445. The highest BCUT2D eigenvalue weighted by atomic mass is 16.5. The van der Waals surface area contributed by atoms with Gasteiger partial charge in [-0.15, -0.1) is 0 Å². The summed E-state index contributed by atoms with van der Waals surface area (Å²) in [4.78, 5) is 8.48. The van der Waals surface area contributed by atoms with E-state index >= 15 is 0 Å². The lowest BCUT2D eigenvalue weighted by Gasteiger charge is -2.34. The molecule has 0 aromatic carbocycles. The first-order chi connectivity index (χ1) is 7.68. The van der Waals surface area contributed by atoms with E-state index in [1.165, 1.54) is 0 Å². The van der Waals surface area contributed by atoms with Crippen LogP contribution in [0.2, 0.25) is 0 Å². The summed E-state index contributed by atoms with van der Waals surface area (Å²) in [5, 5.41) is 3.57. The smallest absolute Gasteiger partial charge is 0.125 e. The monoisotopic (exact) mass is 221 g/mol. The van der Waals surface area contributed by atoms with Gasteiger partial charge in [0.15, 0.2) is 0 Å². The molecule has 0 amide bonds. The van der Waals surface area contributed by atoms with Crippen molar-refractivity contribution in [1.82, 2.24) is 15.3 Å². The Labute approximate surface area is 96.4 Å². The van der Waals surface area contributed by atoms with Crippen molar-refractivity contribution in [3.8, 4) is 0 Å². The number of aryl methyl sites for hydroxylation is 1. The molecule has 2 rings (SSSR count). The van der Waals surface area contributed by atoms with Crippen molar-refractivity contribution in [2.24, 2.45) is 0 Å². The molecule has 0 saturated carbocycles. The van der Waals surface area contributed by atoms with Gasteiger partial charge in [-0.25, -0.2) is 9.97 Å². The molecule has 16 heavy (non-hydrogen) atoms. The number of aromatic nitrogens is 2. The summed E-state index contributed by atoms with van der Waals surface area (Å²) < 4.78 is 5.37. The van der Waals surface area contributed by atoms with Gasteiger partial charge in [0.1, 0.15) is 5.82 Å². The van der Waals surface area contributed by atoms with Crippen molar-refractivity contribution in [2.75, 3.05) is 13.2 Å². The third-order valence-electron chi connectivity index (χ3n) is 3.13. The molecule has 2 heterocycles. The summed E-state index contributed by atoms with van der Waals surface area (Å²) in [5.41, 5.74) is 1.25. The Morgan fingerprint density at radius 3 is 2.88 bits per heavy atom. The van der Waals surface area contributed by atoms with Gasteiger partial charge in [-0.1, -0.05) is 0 Å². The fourth-order valence-corrected chi connectivity index (χ4v) is 1.91. The maximum atomic E-state index is 5.37. The van der Waals surface area contributed by atoms with Crippen LogP contribution in [0.15, 0.2) is 12.3 Å². The number of nitrogens with zero attached hydrogens (tertiary/aromatic N) is 2. The summed E-state index contributed by atoms with van der Waals surface area (Å²) in [5.74, 6) is 0.830. The molecule has 0 unspecified atom stereocenters. The summed E-state index contributed by atoms with van der Waals surface area (Å²) in [6.45, 7) is 6.68. The van der Waals surface area contributed by atoms with Crippen LogP contribution in [0.3, 0.4) is 0 Å². The first-order valence-corrected chi connectivity index (χ1v) is 5.79. The second-order valence-corrected chi connectivity index (χ2v) is 4.62.